The zero-order valence-corrected chi connectivity index (χ0v) is 12.1. The third kappa shape index (κ3) is 2.34. The lowest BCUT2D eigenvalue weighted by Crippen LogP contribution is -2.60. The Hall–Kier alpha value is -0.0800. The van der Waals surface area contributed by atoms with Gasteiger partial charge in [0.25, 0.3) is 0 Å². The molecule has 1 aliphatic heterocycles. The minimum absolute atomic E-state index is 0.188. The second-order valence-electron chi connectivity index (χ2n) is 7.36. The molecule has 0 unspecified atom stereocenters. The van der Waals surface area contributed by atoms with Gasteiger partial charge in [-0.15, -0.1) is 0 Å². The highest BCUT2D eigenvalue weighted by atomic mass is 16.5. The molecule has 3 aliphatic rings. The molecular weight excluding hydrogens is 222 g/mol. The quantitative estimate of drug-likeness (QED) is 0.770. The summed E-state index contributed by atoms with van der Waals surface area (Å²) in [5.74, 6) is 1.78. The van der Waals surface area contributed by atoms with Gasteiger partial charge in [-0.25, -0.2) is 0 Å². The molecule has 0 atom stereocenters. The zero-order valence-electron chi connectivity index (χ0n) is 12.1. The summed E-state index contributed by atoms with van der Waals surface area (Å²) in [6.07, 6.45) is 10.6. The maximum Gasteiger partial charge on any atom is 0.0814 e. The van der Waals surface area contributed by atoms with Crippen molar-refractivity contribution in [3.8, 4) is 0 Å². The van der Waals surface area contributed by atoms with Crippen molar-refractivity contribution in [3.63, 3.8) is 0 Å². The first-order chi connectivity index (χ1) is 8.63. The van der Waals surface area contributed by atoms with Gasteiger partial charge in [-0.1, -0.05) is 26.7 Å². The van der Waals surface area contributed by atoms with E-state index < -0.39 is 0 Å². The average molecular weight is 251 g/mol. The van der Waals surface area contributed by atoms with Crippen LogP contribution in [0.4, 0.5) is 0 Å². The van der Waals surface area contributed by atoms with Crippen molar-refractivity contribution in [1.82, 2.24) is 5.32 Å². The van der Waals surface area contributed by atoms with E-state index in [0.29, 0.717) is 0 Å². The largest absolute Gasteiger partial charge is 0.366 e. The lowest BCUT2D eigenvalue weighted by atomic mass is 9.73. The van der Waals surface area contributed by atoms with Gasteiger partial charge < -0.3 is 10.1 Å². The molecule has 2 heteroatoms. The minimum atomic E-state index is 0.188. The van der Waals surface area contributed by atoms with E-state index >= 15 is 0 Å². The summed E-state index contributed by atoms with van der Waals surface area (Å²) in [5.41, 5.74) is 0.400. The minimum Gasteiger partial charge on any atom is -0.366 e. The second kappa shape index (κ2) is 4.79. The normalized spacial score (nSPS) is 39.8. The van der Waals surface area contributed by atoms with E-state index in [4.69, 9.17) is 4.74 Å². The molecule has 2 spiro atoms. The highest BCUT2D eigenvalue weighted by Crippen LogP contribution is 2.45. The van der Waals surface area contributed by atoms with Crippen LogP contribution in [0.25, 0.3) is 0 Å². The van der Waals surface area contributed by atoms with Crippen LogP contribution in [0.2, 0.25) is 0 Å². The summed E-state index contributed by atoms with van der Waals surface area (Å²) in [6.45, 7) is 6.95. The summed E-state index contributed by atoms with van der Waals surface area (Å²) in [4.78, 5) is 0. The van der Waals surface area contributed by atoms with Crippen molar-refractivity contribution in [3.05, 3.63) is 0 Å². The smallest absolute Gasteiger partial charge is 0.0814 e. The van der Waals surface area contributed by atoms with E-state index in [1.807, 2.05) is 0 Å². The predicted molar refractivity (Wildman–Crippen MR) is 74.7 cm³/mol. The molecular formula is C16H29NO. The number of hydrogen-bond acceptors (Lipinski definition) is 2. The highest BCUT2D eigenvalue weighted by molar-refractivity contribution is 5.01. The van der Waals surface area contributed by atoms with Crippen molar-refractivity contribution in [2.24, 2.45) is 11.8 Å². The van der Waals surface area contributed by atoms with Gasteiger partial charge in [-0.2, -0.15) is 0 Å². The van der Waals surface area contributed by atoms with E-state index in [1.165, 1.54) is 51.4 Å². The molecule has 0 bridgehead atoms. The van der Waals surface area contributed by atoms with Crippen LogP contribution in [0.3, 0.4) is 0 Å². The fourth-order valence-electron chi connectivity index (χ4n) is 4.46. The molecule has 2 nitrogen and oxygen atoms in total. The van der Waals surface area contributed by atoms with E-state index in [1.54, 1.807) is 0 Å². The second-order valence-corrected chi connectivity index (χ2v) is 7.36. The van der Waals surface area contributed by atoms with Crippen LogP contribution in [0, 0.1) is 11.8 Å². The Balaban J connectivity index is 1.65. The number of rotatable bonds is 1. The van der Waals surface area contributed by atoms with Crippen molar-refractivity contribution in [2.45, 2.75) is 76.4 Å². The van der Waals surface area contributed by atoms with Crippen molar-refractivity contribution < 1.29 is 4.74 Å². The van der Waals surface area contributed by atoms with Gasteiger partial charge in [0.2, 0.25) is 0 Å². The van der Waals surface area contributed by atoms with Gasteiger partial charge in [0, 0.05) is 13.1 Å². The standard InChI is InChI=1S/C16H29NO/c1-13(2)14-5-9-16(10-6-14)12-17-11-15(18-16)7-3-4-8-15/h13-14,17H,3-12H2,1-2H3. The topological polar surface area (TPSA) is 21.3 Å². The van der Waals surface area contributed by atoms with E-state index in [-0.39, 0.29) is 11.2 Å². The van der Waals surface area contributed by atoms with Crippen molar-refractivity contribution >= 4 is 0 Å². The molecule has 18 heavy (non-hydrogen) atoms. The Morgan fingerprint density at radius 3 is 2.06 bits per heavy atom. The lowest BCUT2D eigenvalue weighted by molar-refractivity contribution is -0.192. The first-order valence-corrected chi connectivity index (χ1v) is 8.04. The Kier molecular flexibility index (Phi) is 3.44. The van der Waals surface area contributed by atoms with E-state index in [2.05, 4.69) is 19.2 Å². The van der Waals surface area contributed by atoms with Gasteiger partial charge in [0.1, 0.15) is 0 Å². The van der Waals surface area contributed by atoms with Gasteiger partial charge in [-0.05, 0) is 50.4 Å². The molecule has 3 fully saturated rings. The Morgan fingerprint density at radius 2 is 1.50 bits per heavy atom. The third-order valence-electron chi connectivity index (χ3n) is 5.73. The highest BCUT2D eigenvalue weighted by Gasteiger charge is 2.48. The molecule has 0 aromatic carbocycles. The van der Waals surface area contributed by atoms with Crippen LogP contribution in [0.15, 0.2) is 0 Å². The Labute approximate surface area is 112 Å². The first-order valence-electron chi connectivity index (χ1n) is 8.04. The molecule has 0 aromatic heterocycles. The first kappa shape index (κ1) is 12.9. The van der Waals surface area contributed by atoms with Gasteiger partial charge >= 0.3 is 0 Å². The molecule has 2 saturated carbocycles. The van der Waals surface area contributed by atoms with Crippen LogP contribution in [0.1, 0.15) is 65.2 Å². The fourth-order valence-corrected chi connectivity index (χ4v) is 4.46. The molecule has 0 amide bonds. The lowest BCUT2D eigenvalue weighted by Gasteiger charge is -2.50. The zero-order chi connectivity index (χ0) is 12.6. The monoisotopic (exact) mass is 251 g/mol. The van der Waals surface area contributed by atoms with Crippen LogP contribution in [0.5, 0.6) is 0 Å². The number of morpholine rings is 1. The fraction of sp³-hybridized carbons (Fsp3) is 1.00. The molecule has 1 saturated heterocycles. The van der Waals surface area contributed by atoms with E-state index in [0.717, 1.165) is 24.9 Å². The summed E-state index contributed by atoms with van der Waals surface area (Å²) < 4.78 is 6.73. The number of nitrogens with one attached hydrogen (secondary N) is 1. The predicted octanol–water partition coefficient (Wildman–Crippen LogP) is 3.50. The SMILES string of the molecule is CC(C)C1CCC2(CC1)CNCC1(CCCC1)O2. The summed E-state index contributed by atoms with van der Waals surface area (Å²) in [6, 6.07) is 0. The summed E-state index contributed by atoms with van der Waals surface area (Å²) in [5, 5.41) is 3.70. The van der Waals surface area contributed by atoms with Crippen LogP contribution < -0.4 is 5.32 Å². The van der Waals surface area contributed by atoms with Gasteiger partial charge in [0.15, 0.2) is 0 Å². The van der Waals surface area contributed by atoms with Gasteiger partial charge in [-0.3, -0.25) is 0 Å². The molecule has 1 N–H and O–H groups in total. The van der Waals surface area contributed by atoms with Crippen molar-refractivity contribution in [2.75, 3.05) is 13.1 Å². The Morgan fingerprint density at radius 1 is 0.944 bits per heavy atom. The maximum atomic E-state index is 6.73. The van der Waals surface area contributed by atoms with E-state index in [9.17, 15) is 0 Å². The third-order valence-corrected chi connectivity index (χ3v) is 5.73. The maximum absolute atomic E-state index is 6.73. The number of ether oxygens (including phenoxy) is 1. The molecule has 3 rings (SSSR count). The average Bonchev–Trinajstić information content (AvgIpc) is 2.77. The van der Waals surface area contributed by atoms with Crippen LogP contribution >= 0.6 is 0 Å². The van der Waals surface area contributed by atoms with Gasteiger partial charge in [0.05, 0.1) is 11.2 Å². The molecule has 1 heterocycles. The van der Waals surface area contributed by atoms with Crippen LogP contribution in [-0.2, 0) is 4.74 Å². The van der Waals surface area contributed by atoms with Crippen LogP contribution in [-0.4, -0.2) is 24.3 Å². The molecule has 0 aromatic rings. The molecule has 2 aliphatic carbocycles. The number of hydrogen-bond donors (Lipinski definition) is 1. The summed E-state index contributed by atoms with van der Waals surface area (Å²) in [7, 11) is 0. The summed E-state index contributed by atoms with van der Waals surface area (Å²) >= 11 is 0. The Bertz CT molecular complexity index is 285. The molecule has 0 radical (unpaired) electrons. The molecule has 104 valence electrons. The van der Waals surface area contributed by atoms with Crippen molar-refractivity contribution in [1.29, 1.82) is 0 Å².